The SMILES string of the molecule is N#Cc1cccc(NC(=O)C2CCc3nc4ccccn4c3C2)c1. The number of nitrogens with zero attached hydrogens (tertiary/aromatic N) is 3. The monoisotopic (exact) mass is 316 g/mol. The van der Waals surface area contributed by atoms with Gasteiger partial charge in [-0.1, -0.05) is 12.1 Å². The number of aromatic nitrogens is 2. The fourth-order valence-corrected chi connectivity index (χ4v) is 3.29. The number of amides is 1. The van der Waals surface area contributed by atoms with Gasteiger partial charge in [-0.3, -0.25) is 4.79 Å². The number of nitriles is 1. The summed E-state index contributed by atoms with van der Waals surface area (Å²) in [7, 11) is 0. The lowest BCUT2D eigenvalue weighted by Crippen LogP contribution is -2.28. The van der Waals surface area contributed by atoms with Gasteiger partial charge < -0.3 is 9.72 Å². The number of carbonyl (C=O) groups is 1. The molecule has 1 amide bonds. The van der Waals surface area contributed by atoms with Crippen molar-refractivity contribution in [3.8, 4) is 6.07 Å². The Morgan fingerprint density at radius 1 is 1.29 bits per heavy atom. The molecule has 1 unspecified atom stereocenters. The Hall–Kier alpha value is -3.13. The molecule has 2 aromatic heterocycles. The molecule has 0 saturated carbocycles. The first-order valence-electron chi connectivity index (χ1n) is 8.00. The van der Waals surface area contributed by atoms with Crippen LogP contribution in [-0.4, -0.2) is 15.3 Å². The molecule has 0 bridgehead atoms. The molecule has 3 aromatic rings. The number of nitrogens with one attached hydrogen (secondary N) is 1. The zero-order chi connectivity index (χ0) is 16.5. The zero-order valence-electron chi connectivity index (χ0n) is 13.1. The van der Waals surface area contributed by atoms with Gasteiger partial charge in [-0.2, -0.15) is 5.26 Å². The van der Waals surface area contributed by atoms with Crippen LogP contribution in [0.1, 0.15) is 23.4 Å². The van der Waals surface area contributed by atoms with Crippen LogP contribution < -0.4 is 5.32 Å². The maximum atomic E-state index is 12.6. The van der Waals surface area contributed by atoms with E-state index in [2.05, 4.69) is 20.8 Å². The Morgan fingerprint density at radius 2 is 2.21 bits per heavy atom. The predicted octanol–water partition coefficient (Wildman–Crippen LogP) is 2.95. The molecule has 24 heavy (non-hydrogen) atoms. The van der Waals surface area contributed by atoms with E-state index in [0.717, 1.165) is 29.9 Å². The minimum Gasteiger partial charge on any atom is -0.326 e. The van der Waals surface area contributed by atoms with Gasteiger partial charge in [0.1, 0.15) is 5.65 Å². The van der Waals surface area contributed by atoms with E-state index in [-0.39, 0.29) is 11.8 Å². The largest absolute Gasteiger partial charge is 0.326 e. The van der Waals surface area contributed by atoms with Gasteiger partial charge in [-0.15, -0.1) is 0 Å². The smallest absolute Gasteiger partial charge is 0.227 e. The number of aryl methyl sites for hydroxylation is 1. The van der Waals surface area contributed by atoms with E-state index in [1.54, 1.807) is 24.3 Å². The van der Waals surface area contributed by atoms with Crippen molar-refractivity contribution in [3.63, 3.8) is 0 Å². The molecule has 2 heterocycles. The molecular formula is C19H16N4O. The van der Waals surface area contributed by atoms with Crippen molar-refractivity contribution in [1.29, 1.82) is 5.26 Å². The lowest BCUT2D eigenvalue weighted by atomic mass is 9.89. The van der Waals surface area contributed by atoms with Crippen LogP contribution in [0.25, 0.3) is 5.65 Å². The van der Waals surface area contributed by atoms with Crippen molar-refractivity contribution in [1.82, 2.24) is 9.38 Å². The third kappa shape index (κ3) is 2.52. The van der Waals surface area contributed by atoms with Gasteiger partial charge in [-0.05, 0) is 43.2 Å². The summed E-state index contributed by atoms with van der Waals surface area (Å²) in [5, 5.41) is 11.9. The predicted molar refractivity (Wildman–Crippen MR) is 90.5 cm³/mol. The number of hydrogen-bond donors (Lipinski definition) is 1. The summed E-state index contributed by atoms with van der Waals surface area (Å²) in [5.41, 5.74) is 4.37. The Morgan fingerprint density at radius 3 is 3.08 bits per heavy atom. The summed E-state index contributed by atoms with van der Waals surface area (Å²) in [6.07, 6.45) is 4.29. The number of benzene rings is 1. The lowest BCUT2D eigenvalue weighted by molar-refractivity contribution is -0.120. The first-order valence-corrected chi connectivity index (χ1v) is 8.00. The molecule has 1 aliphatic rings. The van der Waals surface area contributed by atoms with Gasteiger partial charge in [0, 0.05) is 29.9 Å². The van der Waals surface area contributed by atoms with E-state index in [4.69, 9.17) is 5.26 Å². The average Bonchev–Trinajstić information content (AvgIpc) is 2.99. The van der Waals surface area contributed by atoms with Gasteiger partial charge in [0.05, 0.1) is 17.3 Å². The molecule has 5 nitrogen and oxygen atoms in total. The molecule has 1 aromatic carbocycles. The highest BCUT2D eigenvalue weighted by Gasteiger charge is 2.28. The zero-order valence-corrected chi connectivity index (χ0v) is 13.1. The highest BCUT2D eigenvalue weighted by molar-refractivity contribution is 5.93. The molecule has 0 spiro atoms. The quantitative estimate of drug-likeness (QED) is 0.790. The molecule has 1 N–H and O–H groups in total. The van der Waals surface area contributed by atoms with Crippen LogP contribution in [0.2, 0.25) is 0 Å². The second kappa shape index (κ2) is 5.82. The number of pyridine rings is 1. The number of imidazole rings is 1. The minimum absolute atomic E-state index is 0.00150. The third-order valence-electron chi connectivity index (χ3n) is 4.51. The summed E-state index contributed by atoms with van der Waals surface area (Å²) in [6.45, 7) is 0. The van der Waals surface area contributed by atoms with E-state index in [1.807, 2.05) is 24.4 Å². The van der Waals surface area contributed by atoms with Crippen molar-refractivity contribution in [2.45, 2.75) is 19.3 Å². The van der Waals surface area contributed by atoms with Gasteiger partial charge in [0.2, 0.25) is 5.91 Å². The second-order valence-corrected chi connectivity index (χ2v) is 6.06. The average molecular weight is 316 g/mol. The molecule has 0 fully saturated rings. The summed E-state index contributed by atoms with van der Waals surface area (Å²) < 4.78 is 2.07. The second-order valence-electron chi connectivity index (χ2n) is 6.06. The van der Waals surface area contributed by atoms with Crippen molar-refractivity contribution in [3.05, 3.63) is 65.6 Å². The molecule has 4 rings (SSSR count). The van der Waals surface area contributed by atoms with E-state index in [9.17, 15) is 4.79 Å². The Balaban J connectivity index is 1.55. The number of carbonyl (C=O) groups excluding carboxylic acids is 1. The van der Waals surface area contributed by atoms with Crippen LogP contribution in [-0.2, 0) is 17.6 Å². The molecular weight excluding hydrogens is 300 g/mol. The van der Waals surface area contributed by atoms with Crippen LogP contribution in [0.15, 0.2) is 48.7 Å². The van der Waals surface area contributed by atoms with Crippen LogP contribution in [0, 0.1) is 17.2 Å². The third-order valence-corrected chi connectivity index (χ3v) is 4.51. The van der Waals surface area contributed by atoms with Crippen LogP contribution >= 0.6 is 0 Å². The lowest BCUT2D eigenvalue weighted by Gasteiger charge is -2.21. The van der Waals surface area contributed by atoms with E-state index >= 15 is 0 Å². The molecule has 1 aliphatic carbocycles. The number of hydrogen-bond acceptors (Lipinski definition) is 3. The highest BCUT2D eigenvalue weighted by Crippen LogP contribution is 2.27. The number of anilines is 1. The summed E-state index contributed by atoms with van der Waals surface area (Å²) >= 11 is 0. The highest BCUT2D eigenvalue weighted by atomic mass is 16.1. The maximum Gasteiger partial charge on any atom is 0.227 e. The van der Waals surface area contributed by atoms with E-state index in [0.29, 0.717) is 17.7 Å². The standard InChI is InChI=1S/C19H16N4O/c20-12-13-4-3-5-15(10-13)21-19(24)14-7-8-16-17(11-14)23-9-2-1-6-18(23)22-16/h1-6,9-10,14H,7-8,11H2,(H,21,24). The van der Waals surface area contributed by atoms with E-state index < -0.39 is 0 Å². The van der Waals surface area contributed by atoms with Crippen molar-refractivity contribution in [2.75, 3.05) is 5.32 Å². The Kier molecular flexibility index (Phi) is 3.51. The van der Waals surface area contributed by atoms with Crippen LogP contribution in [0.5, 0.6) is 0 Å². The van der Waals surface area contributed by atoms with Gasteiger partial charge in [-0.25, -0.2) is 4.98 Å². The molecule has 5 heteroatoms. The Labute approximate surface area is 139 Å². The summed E-state index contributed by atoms with van der Waals surface area (Å²) in [6, 6.07) is 15.0. The fraction of sp³-hybridized carbons (Fsp3) is 0.211. The van der Waals surface area contributed by atoms with Crippen LogP contribution in [0.3, 0.4) is 0 Å². The van der Waals surface area contributed by atoms with E-state index in [1.165, 1.54) is 0 Å². The van der Waals surface area contributed by atoms with Gasteiger partial charge in [0.25, 0.3) is 0 Å². The Bertz CT molecular complexity index is 967. The summed E-state index contributed by atoms with van der Waals surface area (Å²) in [4.78, 5) is 17.3. The summed E-state index contributed by atoms with van der Waals surface area (Å²) in [5.74, 6) is -0.0787. The van der Waals surface area contributed by atoms with Crippen LogP contribution in [0.4, 0.5) is 5.69 Å². The maximum absolute atomic E-state index is 12.6. The van der Waals surface area contributed by atoms with Gasteiger partial charge in [0.15, 0.2) is 0 Å². The minimum atomic E-state index is -0.0802. The number of rotatable bonds is 2. The fourth-order valence-electron chi connectivity index (χ4n) is 3.29. The number of fused-ring (bicyclic) bond motifs is 3. The normalized spacial score (nSPS) is 16.4. The first kappa shape index (κ1) is 14.5. The van der Waals surface area contributed by atoms with Crippen molar-refractivity contribution in [2.24, 2.45) is 5.92 Å². The molecule has 0 aliphatic heterocycles. The molecule has 1 atom stereocenters. The molecule has 0 saturated heterocycles. The van der Waals surface area contributed by atoms with Crippen molar-refractivity contribution >= 4 is 17.2 Å². The topological polar surface area (TPSA) is 70.2 Å². The van der Waals surface area contributed by atoms with Crippen molar-refractivity contribution < 1.29 is 4.79 Å². The molecule has 118 valence electrons. The first-order chi connectivity index (χ1) is 11.7. The molecule has 0 radical (unpaired) electrons. The van der Waals surface area contributed by atoms with Gasteiger partial charge >= 0.3 is 0 Å².